The van der Waals surface area contributed by atoms with Gasteiger partial charge in [-0.3, -0.25) is 19.6 Å². The van der Waals surface area contributed by atoms with Crippen LogP contribution in [-0.2, 0) is 0 Å². The molecule has 0 aromatic carbocycles. The van der Waals surface area contributed by atoms with Crippen LogP contribution in [-0.4, -0.2) is 95.6 Å². The summed E-state index contributed by atoms with van der Waals surface area (Å²) in [5.74, 6) is 0.851. The molecule has 0 aromatic heterocycles. The van der Waals surface area contributed by atoms with Gasteiger partial charge in [-0.25, -0.2) is 0 Å². The van der Waals surface area contributed by atoms with Crippen LogP contribution in [0.2, 0.25) is 0 Å². The topological polar surface area (TPSA) is 13.0 Å². The van der Waals surface area contributed by atoms with Crippen molar-refractivity contribution in [2.75, 3.05) is 52.4 Å². The molecule has 140 valence electrons. The van der Waals surface area contributed by atoms with Crippen molar-refractivity contribution < 1.29 is 0 Å². The van der Waals surface area contributed by atoms with E-state index in [4.69, 9.17) is 0 Å². The van der Waals surface area contributed by atoms with Crippen LogP contribution >= 0.6 is 0 Å². The Bertz CT molecular complexity index is 404. The molecule has 0 saturated carbocycles. The second-order valence-corrected chi connectivity index (χ2v) is 9.70. The summed E-state index contributed by atoms with van der Waals surface area (Å²) in [5, 5.41) is 0. The van der Waals surface area contributed by atoms with E-state index in [9.17, 15) is 0 Å². The fourth-order valence-corrected chi connectivity index (χ4v) is 4.46. The van der Waals surface area contributed by atoms with Crippen molar-refractivity contribution in [2.45, 2.75) is 71.6 Å². The monoisotopic (exact) mass is 336 g/mol. The molecule has 0 spiro atoms. The summed E-state index contributed by atoms with van der Waals surface area (Å²) >= 11 is 0. The summed E-state index contributed by atoms with van der Waals surface area (Å²) in [6.07, 6.45) is 1.32. The van der Waals surface area contributed by atoms with Crippen LogP contribution in [0.25, 0.3) is 0 Å². The molecule has 0 aromatic rings. The molecule has 3 heterocycles. The predicted octanol–water partition coefficient (Wildman–Crippen LogP) is 2.21. The first-order chi connectivity index (χ1) is 11.3. The van der Waals surface area contributed by atoms with Gasteiger partial charge in [0.15, 0.2) is 0 Å². The Morgan fingerprint density at radius 1 is 0.833 bits per heavy atom. The molecule has 0 N–H and O–H groups in total. The van der Waals surface area contributed by atoms with Crippen LogP contribution in [0, 0.1) is 5.92 Å². The van der Waals surface area contributed by atoms with Crippen molar-refractivity contribution in [2.24, 2.45) is 5.92 Å². The predicted molar refractivity (Wildman–Crippen MR) is 103 cm³/mol. The summed E-state index contributed by atoms with van der Waals surface area (Å²) in [7, 11) is 0. The fourth-order valence-electron chi connectivity index (χ4n) is 4.46. The number of hydrogen-bond donors (Lipinski definition) is 0. The van der Waals surface area contributed by atoms with Crippen LogP contribution in [0.1, 0.15) is 48.0 Å². The standard InChI is InChI=1S/C20H40N4/c1-7-17-10-21(18-12-23(13-18)16(2)3)8-9-22(11-17)19-14-24(15-19)20(4,5)6/h16-19H,7-15H2,1-6H3. The minimum Gasteiger partial charge on any atom is -0.298 e. The van der Waals surface area contributed by atoms with E-state index in [0.717, 1.165) is 18.0 Å². The highest BCUT2D eigenvalue weighted by molar-refractivity contribution is 4.97. The number of rotatable bonds is 4. The molecule has 4 nitrogen and oxygen atoms in total. The summed E-state index contributed by atoms with van der Waals surface area (Å²) in [5.41, 5.74) is 0.338. The van der Waals surface area contributed by atoms with Gasteiger partial charge in [-0.15, -0.1) is 0 Å². The molecule has 1 atom stereocenters. The Kier molecular flexibility index (Phi) is 5.60. The lowest BCUT2D eigenvalue weighted by molar-refractivity contribution is -0.0252. The molecule has 0 bridgehead atoms. The van der Waals surface area contributed by atoms with Crippen LogP contribution in [0.15, 0.2) is 0 Å². The Labute approximate surface area is 150 Å². The van der Waals surface area contributed by atoms with Crippen molar-refractivity contribution in [3.05, 3.63) is 0 Å². The lowest BCUT2D eigenvalue weighted by Gasteiger charge is -2.51. The van der Waals surface area contributed by atoms with Gasteiger partial charge in [-0.05, 0) is 40.5 Å². The van der Waals surface area contributed by atoms with E-state index in [-0.39, 0.29) is 0 Å². The Morgan fingerprint density at radius 2 is 1.33 bits per heavy atom. The fraction of sp³-hybridized carbons (Fsp3) is 1.00. The van der Waals surface area contributed by atoms with Gasteiger partial charge in [0, 0.05) is 76.0 Å². The normalized spacial score (nSPS) is 30.4. The first-order valence-corrected chi connectivity index (χ1v) is 10.2. The minimum atomic E-state index is 0.338. The molecule has 3 fully saturated rings. The largest absolute Gasteiger partial charge is 0.298 e. The van der Waals surface area contributed by atoms with Gasteiger partial charge in [0.05, 0.1) is 0 Å². The van der Waals surface area contributed by atoms with E-state index in [1.165, 1.54) is 58.8 Å². The molecule has 3 aliphatic heterocycles. The van der Waals surface area contributed by atoms with Gasteiger partial charge < -0.3 is 0 Å². The lowest BCUT2D eigenvalue weighted by atomic mass is 9.95. The highest BCUT2D eigenvalue weighted by Gasteiger charge is 2.40. The maximum atomic E-state index is 2.81. The third-order valence-corrected chi connectivity index (χ3v) is 6.70. The number of nitrogens with zero attached hydrogens (tertiary/aromatic N) is 4. The Morgan fingerprint density at radius 3 is 1.75 bits per heavy atom. The van der Waals surface area contributed by atoms with E-state index in [2.05, 4.69) is 61.1 Å². The zero-order valence-corrected chi connectivity index (χ0v) is 17.0. The van der Waals surface area contributed by atoms with Gasteiger partial charge in [-0.1, -0.05) is 13.3 Å². The van der Waals surface area contributed by atoms with Crippen molar-refractivity contribution in [1.29, 1.82) is 0 Å². The number of likely N-dealkylation sites (tertiary alicyclic amines) is 2. The molecule has 3 rings (SSSR count). The molecule has 3 saturated heterocycles. The Hall–Kier alpha value is -0.160. The summed E-state index contributed by atoms with van der Waals surface area (Å²) in [4.78, 5) is 10.9. The second-order valence-electron chi connectivity index (χ2n) is 9.70. The molecular weight excluding hydrogens is 296 g/mol. The maximum absolute atomic E-state index is 2.81. The van der Waals surface area contributed by atoms with Crippen LogP contribution in [0.3, 0.4) is 0 Å². The minimum absolute atomic E-state index is 0.338. The van der Waals surface area contributed by atoms with E-state index in [1.807, 2.05) is 0 Å². The second kappa shape index (κ2) is 7.22. The van der Waals surface area contributed by atoms with E-state index < -0.39 is 0 Å². The van der Waals surface area contributed by atoms with Crippen molar-refractivity contribution in [3.8, 4) is 0 Å². The van der Waals surface area contributed by atoms with Crippen molar-refractivity contribution in [1.82, 2.24) is 19.6 Å². The summed E-state index contributed by atoms with van der Waals surface area (Å²) in [6, 6.07) is 2.32. The van der Waals surface area contributed by atoms with Crippen molar-refractivity contribution in [3.63, 3.8) is 0 Å². The first kappa shape index (κ1) is 18.6. The summed E-state index contributed by atoms with van der Waals surface area (Å²) < 4.78 is 0. The van der Waals surface area contributed by atoms with Gasteiger partial charge >= 0.3 is 0 Å². The SMILES string of the molecule is CCC1CN(C2CN(C(C)C)C2)CCN(C2CN(C(C)(C)C)C2)C1. The van der Waals surface area contributed by atoms with Crippen molar-refractivity contribution >= 4 is 0 Å². The third kappa shape index (κ3) is 3.98. The molecular formula is C20H40N4. The van der Waals surface area contributed by atoms with E-state index in [0.29, 0.717) is 11.6 Å². The zero-order chi connectivity index (χ0) is 17.5. The zero-order valence-electron chi connectivity index (χ0n) is 17.0. The van der Waals surface area contributed by atoms with Gasteiger partial charge in [0.25, 0.3) is 0 Å². The van der Waals surface area contributed by atoms with Crippen LogP contribution in [0.5, 0.6) is 0 Å². The molecule has 1 unspecified atom stereocenters. The van der Waals surface area contributed by atoms with E-state index in [1.54, 1.807) is 0 Å². The van der Waals surface area contributed by atoms with E-state index >= 15 is 0 Å². The number of hydrogen-bond acceptors (Lipinski definition) is 4. The first-order valence-electron chi connectivity index (χ1n) is 10.2. The molecule has 0 radical (unpaired) electrons. The quantitative estimate of drug-likeness (QED) is 0.780. The third-order valence-electron chi connectivity index (χ3n) is 6.70. The van der Waals surface area contributed by atoms with Gasteiger partial charge in [0.2, 0.25) is 0 Å². The molecule has 3 aliphatic rings. The van der Waals surface area contributed by atoms with Gasteiger partial charge in [0.1, 0.15) is 0 Å². The lowest BCUT2D eigenvalue weighted by Crippen LogP contribution is -2.65. The average Bonchev–Trinajstić information content (AvgIpc) is 2.56. The highest BCUT2D eigenvalue weighted by Crippen LogP contribution is 2.28. The molecule has 0 amide bonds. The smallest absolute Gasteiger partial charge is 0.0351 e. The van der Waals surface area contributed by atoms with Crippen LogP contribution in [0.4, 0.5) is 0 Å². The van der Waals surface area contributed by atoms with Gasteiger partial charge in [-0.2, -0.15) is 0 Å². The maximum Gasteiger partial charge on any atom is 0.0351 e. The molecule has 24 heavy (non-hydrogen) atoms. The molecule has 0 aliphatic carbocycles. The van der Waals surface area contributed by atoms with Crippen LogP contribution < -0.4 is 0 Å². The average molecular weight is 337 g/mol. The molecule has 4 heteroatoms. The highest BCUT2D eigenvalue weighted by atomic mass is 15.4. The Balaban J connectivity index is 1.52. The summed E-state index contributed by atoms with van der Waals surface area (Å²) in [6.45, 7) is 24.4.